The summed E-state index contributed by atoms with van der Waals surface area (Å²) in [6, 6.07) is 0. The van der Waals surface area contributed by atoms with Crippen molar-refractivity contribution in [3.8, 4) is 0 Å². The van der Waals surface area contributed by atoms with Crippen LogP contribution in [0, 0.1) is 0 Å². The third kappa shape index (κ3) is 55.4. The lowest BCUT2D eigenvalue weighted by molar-refractivity contribution is -0.167. The Labute approximate surface area is 426 Å². The van der Waals surface area contributed by atoms with Crippen molar-refractivity contribution in [3.63, 3.8) is 0 Å². The summed E-state index contributed by atoms with van der Waals surface area (Å²) in [5.74, 6) is -1.02. The molecule has 0 aliphatic carbocycles. The van der Waals surface area contributed by atoms with Crippen LogP contribution in [-0.4, -0.2) is 37.2 Å². The maximum absolute atomic E-state index is 12.8. The van der Waals surface area contributed by atoms with Gasteiger partial charge < -0.3 is 14.2 Å². The third-order valence-electron chi connectivity index (χ3n) is 12.4. The van der Waals surface area contributed by atoms with Crippen molar-refractivity contribution in [2.24, 2.45) is 0 Å². The third-order valence-corrected chi connectivity index (χ3v) is 12.4. The minimum Gasteiger partial charge on any atom is -0.462 e. The van der Waals surface area contributed by atoms with Crippen LogP contribution in [0.3, 0.4) is 0 Å². The summed E-state index contributed by atoms with van der Waals surface area (Å²) in [6.45, 7) is 6.54. The smallest absolute Gasteiger partial charge is 0.306 e. The Bertz CT molecular complexity index is 1330. The van der Waals surface area contributed by atoms with Gasteiger partial charge >= 0.3 is 17.9 Å². The van der Waals surface area contributed by atoms with Crippen molar-refractivity contribution in [3.05, 3.63) is 85.1 Å². The van der Waals surface area contributed by atoms with Crippen molar-refractivity contribution in [1.82, 2.24) is 0 Å². The zero-order valence-corrected chi connectivity index (χ0v) is 45.3. The summed E-state index contributed by atoms with van der Waals surface area (Å²) >= 11 is 0. The average molecular weight is 962 g/mol. The van der Waals surface area contributed by atoms with E-state index in [2.05, 4.69) is 106 Å². The molecule has 0 aliphatic rings. The topological polar surface area (TPSA) is 78.9 Å². The standard InChI is InChI=1S/C63H108O6/c1-4-7-10-13-16-19-22-25-28-31-34-37-40-43-46-49-52-55-61(64)67-58-60(69-63(66)57-54-51-48-45-42-39-36-33-30-27-24-21-18-15-12-9-6-3)59-68-62(65)56-53-50-47-44-41-38-35-32-29-26-23-20-17-14-11-8-5-2/h16,19,25,27-28,30,34,36-37,39,43,45-46,48,60H,4-15,17-18,20-24,26,29,31-33,35,38,40-42,44,47,49-59H2,1-3H3/b19-16-,28-25-,30-27-,37-34-,39-36-,46-43-,48-45-. The van der Waals surface area contributed by atoms with E-state index in [-0.39, 0.29) is 44.0 Å². The molecule has 0 bridgehead atoms. The van der Waals surface area contributed by atoms with Crippen molar-refractivity contribution < 1.29 is 28.6 Å². The molecule has 0 N–H and O–H groups in total. The van der Waals surface area contributed by atoms with Crippen LogP contribution < -0.4 is 0 Å². The van der Waals surface area contributed by atoms with Crippen LogP contribution in [-0.2, 0) is 28.6 Å². The van der Waals surface area contributed by atoms with Crippen LogP contribution in [0.1, 0.15) is 278 Å². The summed E-state index contributed by atoms with van der Waals surface area (Å²) in [5.41, 5.74) is 0. The molecule has 0 heterocycles. The largest absolute Gasteiger partial charge is 0.462 e. The normalized spacial score (nSPS) is 12.7. The molecule has 6 nitrogen and oxygen atoms in total. The van der Waals surface area contributed by atoms with E-state index in [0.717, 1.165) is 64.2 Å². The highest BCUT2D eigenvalue weighted by atomic mass is 16.6. The molecule has 0 spiro atoms. The fourth-order valence-corrected chi connectivity index (χ4v) is 7.98. The van der Waals surface area contributed by atoms with Gasteiger partial charge in [-0.25, -0.2) is 0 Å². The Morgan fingerprint density at radius 1 is 0.290 bits per heavy atom. The van der Waals surface area contributed by atoms with Gasteiger partial charge in [0.25, 0.3) is 0 Å². The monoisotopic (exact) mass is 961 g/mol. The zero-order valence-electron chi connectivity index (χ0n) is 45.3. The number of allylic oxidation sites excluding steroid dienone is 14. The molecular weight excluding hydrogens is 853 g/mol. The summed E-state index contributed by atoms with van der Waals surface area (Å²) in [4.78, 5) is 38.1. The van der Waals surface area contributed by atoms with Gasteiger partial charge in [-0.3, -0.25) is 14.4 Å². The number of carbonyl (C=O) groups excluding carboxylic acids is 3. The lowest BCUT2D eigenvalue weighted by Crippen LogP contribution is -2.30. The first kappa shape index (κ1) is 65.6. The fourth-order valence-electron chi connectivity index (χ4n) is 7.98. The van der Waals surface area contributed by atoms with Crippen LogP contribution in [0.2, 0.25) is 0 Å². The first-order chi connectivity index (χ1) is 34.0. The highest BCUT2D eigenvalue weighted by Gasteiger charge is 2.19. The SMILES string of the molecule is CCCCC/C=C\C/C=C\C/C=C\C/C=C\CCCC(=O)OCC(COC(=O)CCCCCCCCCCCCCCCCCCC)OC(=O)CCC/C=C\C/C=C\C/C=C\CCCCCCCC. The molecule has 1 unspecified atom stereocenters. The zero-order chi connectivity index (χ0) is 50.0. The van der Waals surface area contributed by atoms with Crippen molar-refractivity contribution >= 4 is 17.9 Å². The minimum absolute atomic E-state index is 0.112. The van der Waals surface area contributed by atoms with E-state index < -0.39 is 6.10 Å². The van der Waals surface area contributed by atoms with E-state index in [0.29, 0.717) is 19.3 Å². The van der Waals surface area contributed by atoms with E-state index >= 15 is 0 Å². The molecule has 0 aliphatic heterocycles. The molecule has 0 aromatic rings. The van der Waals surface area contributed by atoms with Gasteiger partial charge in [0.15, 0.2) is 6.10 Å². The number of ether oxygens (including phenoxy) is 3. The summed E-state index contributed by atoms with van der Waals surface area (Å²) in [7, 11) is 0. The number of hydrogen-bond donors (Lipinski definition) is 0. The maximum atomic E-state index is 12.8. The van der Waals surface area contributed by atoms with Crippen molar-refractivity contribution in [2.75, 3.05) is 13.2 Å². The molecule has 6 heteroatoms. The van der Waals surface area contributed by atoms with Gasteiger partial charge in [-0.2, -0.15) is 0 Å². The van der Waals surface area contributed by atoms with Crippen LogP contribution in [0.15, 0.2) is 85.1 Å². The number of carbonyl (C=O) groups is 3. The number of esters is 3. The molecule has 0 aromatic heterocycles. The predicted octanol–water partition coefficient (Wildman–Crippen LogP) is 19.5. The van der Waals surface area contributed by atoms with E-state index in [4.69, 9.17) is 14.2 Å². The molecule has 0 saturated carbocycles. The van der Waals surface area contributed by atoms with Gasteiger partial charge in [0, 0.05) is 19.3 Å². The quantitative estimate of drug-likeness (QED) is 0.0262. The van der Waals surface area contributed by atoms with Gasteiger partial charge in [-0.15, -0.1) is 0 Å². The van der Waals surface area contributed by atoms with E-state index in [9.17, 15) is 14.4 Å². The Morgan fingerprint density at radius 2 is 0.536 bits per heavy atom. The van der Waals surface area contributed by atoms with Crippen LogP contribution in [0.4, 0.5) is 0 Å². The first-order valence-electron chi connectivity index (χ1n) is 29.1. The Hall–Kier alpha value is -3.41. The van der Waals surface area contributed by atoms with E-state index in [1.165, 1.54) is 161 Å². The van der Waals surface area contributed by atoms with E-state index in [1.807, 2.05) is 0 Å². The first-order valence-corrected chi connectivity index (χ1v) is 29.1. The van der Waals surface area contributed by atoms with Crippen molar-refractivity contribution in [2.45, 2.75) is 284 Å². The van der Waals surface area contributed by atoms with Gasteiger partial charge in [0.2, 0.25) is 0 Å². The average Bonchev–Trinajstić information content (AvgIpc) is 3.35. The molecular formula is C63H108O6. The van der Waals surface area contributed by atoms with Gasteiger partial charge in [-0.05, 0) is 89.9 Å². The second-order valence-electron chi connectivity index (χ2n) is 19.2. The molecule has 0 aromatic carbocycles. The molecule has 0 rings (SSSR count). The summed E-state index contributed by atoms with van der Waals surface area (Å²) < 4.78 is 16.8. The molecule has 396 valence electrons. The van der Waals surface area contributed by atoms with Crippen molar-refractivity contribution in [1.29, 1.82) is 0 Å². The summed E-state index contributed by atoms with van der Waals surface area (Å²) in [5, 5.41) is 0. The Kier molecular flexibility index (Phi) is 54.3. The minimum atomic E-state index is -0.824. The lowest BCUT2D eigenvalue weighted by atomic mass is 10.0. The van der Waals surface area contributed by atoms with Gasteiger partial charge in [0.05, 0.1) is 0 Å². The number of rotatable bonds is 52. The Morgan fingerprint density at radius 3 is 0.899 bits per heavy atom. The highest BCUT2D eigenvalue weighted by molar-refractivity contribution is 5.71. The van der Waals surface area contributed by atoms with Crippen LogP contribution in [0.5, 0.6) is 0 Å². The van der Waals surface area contributed by atoms with Crippen LogP contribution >= 0.6 is 0 Å². The fraction of sp³-hybridized carbons (Fsp3) is 0.730. The highest BCUT2D eigenvalue weighted by Crippen LogP contribution is 2.15. The van der Waals surface area contributed by atoms with Gasteiger partial charge in [-0.1, -0.05) is 254 Å². The maximum Gasteiger partial charge on any atom is 0.306 e. The predicted molar refractivity (Wildman–Crippen MR) is 297 cm³/mol. The number of unbranched alkanes of at least 4 members (excludes halogenated alkanes) is 27. The van der Waals surface area contributed by atoms with E-state index in [1.54, 1.807) is 0 Å². The molecule has 0 radical (unpaired) electrons. The Balaban J connectivity index is 4.52. The molecule has 0 amide bonds. The van der Waals surface area contributed by atoms with Gasteiger partial charge in [0.1, 0.15) is 13.2 Å². The number of hydrogen-bond acceptors (Lipinski definition) is 6. The molecule has 0 fully saturated rings. The van der Waals surface area contributed by atoms with Crippen LogP contribution in [0.25, 0.3) is 0 Å². The molecule has 1 atom stereocenters. The summed E-state index contributed by atoms with van der Waals surface area (Å²) in [6.07, 6.45) is 74.4. The molecule has 69 heavy (non-hydrogen) atoms. The molecule has 0 saturated heterocycles. The lowest BCUT2D eigenvalue weighted by Gasteiger charge is -2.18. The second-order valence-corrected chi connectivity index (χ2v) is 19.2. The second kappa shape index (κ2) is 57.2.